The summed E-state index contributed by atoms with van der Waals surface area (Å²) in [5.74, 6) is 0.124. The molecule has 2 aromatic carbocycles. The first-order valence-electron chi connectivity index (χ1n) is 10.7. The number of aryl methyl sites for hydroxylation is 1. The van der Waals surface area contributed by atoms with Crippen molar-refractivity contribution < 1.29 is 22.4 Å². The number of ether oxygens (including phenoxy) is 2. The molecule has 0 radical (unpaired) electrons. The number of hydrogen-bond donors (Lipinski definition) is 1. The van der Waals surface area contributed by atoms with Crippen LogP contribution in [-0.4, -0.2) is 46.7 Å². The normalized spacial score (nSPS) is 11.7. The molecule has 0 atom stereocenters. The first-order valence-corrected chi connectivity index (χ1v) is 12.2. The van der Waals surface area contributed by atoms with Gasteiger partial charge in [-0.15, -0.1) is 0 Å². The van der Waals surface area contributed by atoms with Crippen LogP contribution in [0.3, 0.4) is 0 Å². The van der Waals surface area contributed by atoms with Crippen molar-refractivity contribution in [1.82, 2.24) is 5.16 Å². The average Bonchev–Trinajstić information content (AvgIpc) is 3.11. The average molecular weight is 474 g/mol. The number of sulfonamides is 1. The van der Waals surface area contributed by atoms with Gasteiger partial charge in [0.25, 0.3) is 10.0 Å². The summed E-state index contributed by atoms with van der Waals surface area (Å²) in [4.78, 5) is 2.29. The molecule has 0 aliphatic rings. The van der Waals surface area contributed by atoms with E-state index in [9.17, 15) is 8.42 Å². The number of nitrogens with one attached hydrogen (secondary N) is 1. The topological polar surface area (TPSA) is 93.9 Å². The molecular formula is C24H31N3O5S. The summed E-state index contributed by atoms with van der Waals surface area (Å²) in [5.41, 5.74) is 3.66. The van der Waals surface area contributed by atoms with Crippen molar-refractivity contribution >= 4 is 21.6 Å². The van der Waals surface area contributed by atoms with Crippen LogP contribution in [0, 0.1) is 13.8 Å². The lowest BCUT2D eigenvalue weighted by atomic mass is 10.0. The van der Waals surface area contributed by atoms with E-state index in [1.165, 1.54) is 0 Å². The summed E-state index contributed by atoms with van der Waals surface area (Å²) >= 11 is 0. The SMILES string of the molecule is COCCOCN(c1ccc(-c2ccccc2S(=O)(=O)Nc2onc(C)c2C)cc1)C(C)C. The largest absolute Gasteiger partial charge is 0.382 e. The zero-order chi connectivity index (χ0) is 24.0. The molecule has 1 aromatic heterocycles. The first-order chi connectivity index (χ1) is 15.7. The van der Waals surface area contributed by atoms with Gasteiger partial charge in [-0.3, -0.25) is 0 Å². The lowest BCUT2D eigenvalue weighted by Crippen LogP contribution is -2.33. The van der Waals surface area contributed by atoms with Crippen molar-refractivity contribution in [3.63, 3.8) is 0 Å². The van der Waals surface area contributed by atoms with Crippen molar-refractivity contribution in [3.8, 4) is 11.1 Å². The lowest BCUT2D eigenvalue weighted by molar-refractivity contribution is 0.0689. The van der Waals surface area contributed by atoms with Gasteiger partial charge in [0.1, 0.15) is 6.73 Å². The summed E-state index contributed by atoms with van der Waals surface area (Å²) in [6.45, 7) is 9.19. The summed E-state index contributed by atoms with van der Waals surface area (Å²) in [6.07, 6.45) is 0. The number of anilines is 2. The third-order valence-corrected chi connectivity index (χ3v) is 6.75. The predicted molar refractivity (Wildman–Crippen MR) is 129 cm³/mol. The van der Waals surface area contributed by atoms with Crippen LogP contribution in [-0.2, 0) is 19.5 Å². The Hall–Kier alpha value is -2.88. The molecule has 0 fully saturated rings. The maximum atomic E-state index is 13.2. The van der Waals surface area contributed by atoms with Crippen molar-refractivity contribution in [3.05, 3.63) is 59.8 Å². The quantitative estimate of drug-likeness (QED) is 0.321. The van der Waals surface area contributed by atoms with E-state index >= 15 is 0 Å². The zero-order valence-electron chi connectivity index (χ0n) is 19.7. The van der Waals surface area contributed by atoms with Crippen LogP contribution in [0.1, 0.15) is 25.1 Å². The monoisotopic (exact) mass is 473 g/mol. The highest BCUT2D eigenvalue weighted by Gasteiger charge is 2.23. The Kier molecular flexibility index (Phi) is 8.12. The number of methoxy groups -OCH3 is 1. The molecule has 0 spiro atoms. The van der Waals surface area contributed by atoms with Crippen LogP contribution in [0.2, 0.25) is 0 Å². The van der Waals surface area contributed by atoms with E-state index in [0.717, 1.165) is 11.3 Å². The summed E-state index contributed by atoms with van der Waals surface area (Å²) in [6, 6.07) is 14.9. The zero-order valence-corrected chi connectivity index (χ0v) is 20.5. The molecule has 1 N–H and O–H groups in total. The fourth-order valence-electron chi connectivity index (χ4n) is 3.29. The van der Waals surface area contributed by atoms with Gasteiger partial charge in [-0.2, -0.15) is 0 Å². The molecule has 0 saturated heterocycles. The van der Waals surface area contributed by atoms with Crippen molar-refractivity contribution in [2.45, 2.75) is 38.6 Å². The van der Waals surface area contributed by atoms with Gasteiger partial charge in [0, 0.05) is 30.0 Å². The Morgan fingerprint density at radius 3 is 2.36 bits per heavy atom. The predicted octanol–water partition coefficient (Wildman–Crippen LogP) is 4.59. The van der Waals surface area contributed by atoms with E-state index in [0.29, 0.717) is 36.8 Å². The molecule has 0 aliphatic heterocycles. The van der Waals surface area contributed by atoms with Crippen molar-refractivity contribution in [2.75, 3.05) is 36.7 Å². The molecule has 0 amide bonds. The Morgan fingerprint density at radius 2 is 1.76 bits per heavy atom. The van der Waals surface area contributed by atoms with E-state index in [1.807, 2.05) is 30.3 Å². The highest BCUT2D eigenvalue weighted by molar-refractivity contribution is 7.92. The second-order valence-electron chi connectivity index (χ2n) is 7.96. The maximum absolute atomic E-state index is 13.2. The fourth-order valence-corrected chi connectivity index (χ4v) is 4.56. The number of hydrogen-bond acceptors (Lipinski definition) is 7. The Labute approximate surface area is 195 Å². The second kappa shape index (κ2) is 10.8. The van der Waals surface area contributed by atoms with E-state index in [1.54, 1.807) is 39.2 Å². The third kappa shape index (κ3) is 5.93. The standard InChI is InChI=1S/C24H31N3O5S/c1-17(2)27(16-31-15-14-30-5)21-12-10-20(11-13-21)22-8-6-7-9-23(22)33(28,29)26-24-18(3)19(4)25-32-24/h6-13,17,26H,14-16H2,1-5H3. The maximum Gasteiger partial charge on any atom is 0.264 e. The summed E-state index contributed by atoms with van der Waals surface area (Å²) < 4.78 is 44.7. The Balaban J connectivity index is 1.86. The van der Waals surface area contributed by atoms with E-state index in [4.69, 9.17) is 14.0 Å². The van der Waals surface area contributed by atoms with Gasteiger partial charge in [-0.25, -0.2) is 13.1 Å². The fraction of sp³-hybridized carbons (Fsp3) is 0.375. The van der Waals surface area contributed by atoms with Crippen LogP contribution in [0.25, 0.3) is 11.1 Å². The molecule has 178 valence electrons. The van der Waals surface area contributed by atoms with Gasteiger partial charge >= 0.3 is 0 Å². The van der Waals surface area contributed by atoms with E-state index in [-0.39, 0.29) is 16.8 Å². The molecule has 8 nitrogen and oxygen atoms in total. The van der Waals surface area contributed by atoms with Crippen molar-refractivity contribution in [2.24, 2.45) is 0 Å². The molecular weight excluding hydrogens is 442 g/mol. The van der Waals surface area contributed by atoms with Gasteiger partial charge in [-0.05, 0) is 51.5 Å². The minimum absolute atomic E-state index is 0.124. The lowest BCUT2D eigenvalue weighted by Gasteiger charge is -2.29. The van der Waals surface area contributed by atoms with Gasteiger partial charge in [-0.1, -0.05) is 35.5 Å². The highest BCUT2D eigenvalue weighted by Crippen LogP contribution is 2.31. The molecule has 1 heterocycles. The highest BCUT2D eigenvalue weighted by atomic mass is 32.2. The minimum atomic E-state index is -3.88. The molecule has 0 unspecified atom stereocenters. The summed E-state index contributed by atoms with van der Waals surface area (Å²) in [5, 5.41) is 3.82. The number of nitrogens with zero attached hydrogens (tertiary/aromatic N) is 2. The van der Waals surface area contributed by atoms with Crippen LogP contribution in [0.15, 0.2) is 57.9 Å². The van der Waals surface area contributed by atoms with Gasteiger partial charge < -0.3 is 18.9 Å². The minimum Gasteiger partial charge on any atom is -0.382 e. The second-order valence-corrected chi connectivity index (χ2v) is 9.62. The van der Waals surface area contributed by atoms with Gasteiger partial charge in [0.05, 0.1) is 23.8 Å². The molecule has 3 rings (SSSR count). The summed E-state index contributed by atoms with van der Waals surface area (Å²) in [7, 11) is -2.24. The van der Waals surface area contributed by atoms with Crippen LogP contribution < -0.4 is 9.62 Å². The molecule has 33 heavy (non-hydrogen) atoms. The van der Waals surface area contributed by atoms with Crippen LogP contribution in [0.4, 0.5) is 11.6 Å². The molecule has 9 heteroatoms. The Morgan fingerprint density at radius 1 is 1.06 bits per heavy atom. The molecule has 0 saturated carbocycles. The third-order valence-electron chi connectivity index (χ3n) is 5.36. The van der Waals surface area contributed by atoms with Gasteiger partial charge in [0.2, 0.25) is 5.88 Å². The van der Waals surface area contributed by atoms with E-state index < -0.39 is 10.0 Å². The molecule has 3 aromatic rings. The number of benzene rings is 2. The number of rotatable bonds is 11. The van der Waals surface area contributed by atoms with Crippen LogP contribution in [0.5, 0.6) is 0 Å². The molecule has 0 bridgehead atoms. The Bertz CT molecular complexity index is 1160. The van der Waals surface area contributed by atoms with Gasteiger partial charge in [0.15, 0.2) is 0 Å². The van der Waals surface area contributed by atoms with Crippen molar-refractivity contribution in [1.29, 1.82) is 0 Å². The molecule has 0 aliphatic carbocycles. The van der Waals surface area contributed by atoms with E-state index in [2.05, 4.69) is 28.6 Å². The first kappa shape index (κ1) is 24.8. The number of aromatic nitrogens is 1. The smallest absolute Gasteiger partial charge is 0.264 e. The van der Waals surface area contributed by atoms with Crippen LogP contribution >= 0.6 is 0 Å².